The number of fused-ring (bicyclic) bond motifs is 1. The summed E-state index contributed by atoms with van der Waals surface area (Å²) < 4.78 is 27.3. The Bertz CT molecular complexity index is 1250. The molecule has 9 nitrogen and oxygen atoms in total. The molecular weight excluding hydrogens is 442 g/mol. The number of benzene rings is 1. The third-order valence-corrected chi connectivity index (χ3v) is 6.06. The van der Waals surface area contributed by atoms with Crippen LogP contribution in [0.25, 0.3) is 10.9 Å². The lowest BCUT2D eigenvalue weighted by molar-refractivity contribution is 0.0748. The van der Waals surface area contributed by atoms with Crippen molar-refractivity contribution in [1.29, 1.82) is 0 Å². The first-order valence-electron chi connectivity index (χ1n) is 10.9. The van der Waals surface area contributed by atoms with Crippen LogP contribution in [0.2, 0.25) is 0 Å². The van der Waals surface area contributed by atoms with Gasteiger partial charge in [-0.05, 0) is 37.6 Å². The van der Waals surface area contributed by atoms with E-state index in [1.165, 1.54) is 0 Å². The summed E-state index contributed by atoms with van der Waals surface area (Å²) in [6.45, 7) is 6.75. The molecule has 0 aliphatic carbocycles. The minimum Gasteiger partial charge on any atom is -0.380 e. The molecule has 176 valence electrons. The van der Waals surface area contributed by atoms with Crippen molar-refractivity contribution in [2.45, 2.75) is 26.5 Å². The fourth-order valence-corrected chi connectivity index (χ4v) is 4.33. The van der Waals surface area contributed by atoms with Crippen molar-refractivity contribution >= 4 is 38.4 Å². The Hall–Kier alpha value is -3.11. The van der Waals surface area contributed by atoms with Gasteiger partial charge in [0, 0.05) is 55.5 Å². The molecule has 1 amide bonds. The van der Waals surface area contributed by atoms with Crippen molar-refractivity contribution < 1.29 is 17.4 Å². The van der Waals surface area contributed by atoms with Crippen molar-refractivity contribution in [3.8, 4) is 0 Å². The largest absolute Gasteiger partial charge is 0.380 e. The van der Waals surface area contributed by atoms with E-state index in [0.29, 0.717) is 43.3 Å². The first kappa shape index (κ1) is 23.1. The van der Waals surface area contributed by atoms with E-state index < -0.39 is 10.1 Å². The maximum absolute atomic E-state index is 13.2. The van der Waals surface area contributed by atoms with E-state index in [2.05, 4.69) is 34.0 Å². The molecule has 1 saturated heterocycles. The van der Waals surface area contributed by atoms with Crippen molar-refractivity contribution in [3.63, 3.8) is 0 Å². The number of aromatic amines is 1. The van der Waals surface area contributed by atoms with Crippen LogP contribution in [0.3, 0.4) is 0 Å². The van der Waals surface area contributed by atoms with Crippen LogP contribution in [0.1, 0.15) is 29.8 Å². The Kier molecular flexibility index (Phi) is 6.57. The minimum atomic E-state index is -3.52. The summed E-state index contributed by atoms with van der Waals surface area (Å²) in [6, 6.07) is 9.66. The van der Waals surface area contributed by atoms with Gasteiger partial charge in [0.1, 0.15) is 0 Å². The van der Waals surface area contributed by atoms with E-state index in [4.69, 9.17) is 4.18 Å². The quantitative estimate of drug-likeness (QED) is 0.510. The number of carbonyl (C=O) groups is 1. The summed E-state index contributed by atoms with van der Waals surface area (Å²) in [7, 11) is -3.52. The van der Waals surface area contributed by atoms with Crippen LogP contribution in [0, 0.1) is 0 Å². The summed E-state index contributed by atoms with van der Waals surface area (Å²) in [4.78, 5) is 25.0. The van der Waals surface area contributed by atoms with Gasteiger partial charge in [-0.2, -0.15) is 8.42 Å². The number of hydrogen-bond donors (Lipinski definition) is 2. The van der Waals surface area contributed by atoms with E-state index in [1.807, 2.05) is 23.1 Å². The van der Waals surface area contributed by atoms with Crippen LogP contribution < -0.4 is 10.2 Å². The van der Waals surface area contributed by atoms with Gasteiger partial charge in [-0.25, -0.2) is 4.98 Å². The molecule has 3 aromatic rings. The normalized spacial score (nSPS) is 14.8. The molecule has 2 N–H and O–H groups in total. The maximum atomic E-state index is 13.2. The highest BCUT2D eigenvalue weighted by Gasteiger charge is 2.25. The second kappa shape index (κ2) is 9.40. The van der Waals surface area contributed by atoms with E-state index in [-0.39, 0.29) is 12.5 Å². The van der Waals surface area contributed by atoms with Gasteiger partial charge in [0.2, 0.25) is 0 Å². The lowest BCUT2D eigenvalue weighted by Crippen LogP contribution is -2.49. The second-order valence-electron chi connectivity index (χ2n) is 8.50. The third kappa shape index (κ3) is 5.45. The van der Waals surface area contributed by atoms with E-state index in [0.717, 1.165) is 28.7 Å². The topological polar surface area (TPSA) is 108 Å². The smallest absolute Gasteiger partial charge is 0.264 e. The van der Waals surface area contributed by atoms with Gasteiger partial charge in [-0.1, -0.05) is 12.1 Å². The van der Waals surface area contributed by atoms with Crippen LogP contribution in [-0.4, -0.2) is 67.7 Å². The van der Waals surface area contributed by atoms with Crippen LogP contribution >= 0.6 is 0 Å². The Morgan fingerprint density at radius 1 is 1.21 bits per heavy atom. The first-order chi connectivity index (χ1) is 15.7. The van der Waals surface area contributed by atoms with Crippen molar-refractivity contribution in [1.82, 2.24) is 14.9 Å². The first-order valence-corrected chi connectivity index (χ1v) is 12.7. The Morgan fingerprint density at radius 2 is 1.97 bits per heavy atom. The van der Waals surface area contributed by atoms with Gasteiger partial charge in [0.25, 0.3) is 16.0 Å². The zero-order valence-electron chi connectivity index (χ0n) is 19.0. The average Bonchev–Trinajstić information content (AvgIpc) is 3.20. The molecule has 0 bridgehead atoms. The summed E-state index contributed by atoms with van der Waals surface area (Å²) in [6.07, 6.45) is 4.52. The molecule has 1 fully saturated rings. The van der Waals surface area contributed by atoms with Crippen LogP contribution in [0.4, 0.5) is 11.5 Å². The predicted octanol–water partition coefficient (Wildman–Crippen LogP) is 2.82. The number of H-pyrrole nitrogens is 1. The molecule has 10 heteroatoms. The Balaban J connectivity index is 1.44. The summed E-state index contributed by atoms with van der Waals surface area (Å²) >= 11 is 0. The summed E-state index contributed by atoms with van der Waals surface area (Å²) in [5.41, 5.74) is 3.08. The highest BCUT2D eigenvalue weighted by Crippen LogP contribution is 2.26. The second-order valence-corrected chi connectivity index (χ2v) is 10.1. The number of piperazine rings is 1. The maximum Gasteiger partial charge on any atom is 0.264 e. The standard InChI is InChI=1S/C23H29N5O4S/c1-16(2)26-20-5-4-8-24-22(20)27-9-11-28(12-10-27)23(29)19-14-25-21-13-17(6-7-18(19)21)15-32-33(3,30)31/h4-8,13-14,16,25-26H,9-12,15H2,1-3H3. The molecule has 0 atom stereocenters. The average molecular weight is 472 g/mol. The number of pyridine rings is 1. The monoisotopic (exact) mass is 471 g/mol. The van der Waals surface area contributed by atoms with Crippen molar-refractivity contribution in [3.05, 3.63) is 53.9 Å². The molecule has 1 aliphatic heterocycles. The molecule has 1 aromatic carbocycles. The minimum absolute atomic E-state index is 0.0254. The molecule has 33 heavy (non-hydrogen) atoms. The number of hydrogen-bond acceptors (Lipinski definition) is 7. The fourth-order valence-electron chi connectivity index (χ4n) is 3.98. The van der Waals surface area contributed by atoms with Crippen molar-refractivity contribution in [2.24, 2.45) is 0 Å². The van der Waals surface area contributed by atoms with Crippen LogP contribution in [0.15, 0.2) is 42.7 Å². The SMILES string of the molecule is CC(C)Nc1cccnc1N1CCN(C(=O)c2c[nH]c3cc(COS(C)(=O)=O)ccc23)CC1. The molecule has 1 aliphatic rings. The molecular formula is C23H29N5O4S. The van der Waals surface area contributed by atoms with E-state index in [9.17, 15) is 13.2 Å². The number of rotatable bonds is 7. The molecule has 4 rings (SSSR count). The van der Waals surface area contributed by atoms with Gasteiger partial charge in [0.05, 0.1) is 24.1 Å². The van der Waals surface area contributed by atoms with Gasteiger partial charge >= 0.3 is 0 Å². The van der Waals surface area contributed by atoms with E-state index in [1.54, 1.807) is 24.5 Å². The number of nitrogens with one attached hydrogen (secondary N) is 2. The lowest BCUT2D eigenvalue weighted by atomic mass is 10.1. The van der Waals surface area contributed by atoms with Gasteiger partial charge in [0.15, 0.2) is 5.82 Å². The third-order valence-electron chi connectivity index (χ3n) is 5.51. The number of anilines is 2. The van der Waals surface area contributed by atoms with Crippen molar-refractivity contribution in [2.75, 3.05) is 42.7 Å². The van der Waals surface area contributed by atoms with Gasteiger partial charge < -0.3 is 20.1 Å². The number of carbonyl (C=O) groups excluding carboxylic acids is 1. The fraction of sp³-hybridized carbons (Fsp3) is 0.391. The van der Waals surface area contributed by atoms with Crippen LogP contribution in [-0.2, 0) is 20.9 Å². The number of amides is 1. The highest BCUT2D eigenvalue weighted by molar-refractivity contribution is 7.85. The molecule has 3 heterocycles. The molecule has 2 aromatic heterocycles. The molecule has 0 unspecified atom stereocenters. The molecule has 0 saturated carbocycles. The zero-order chi connectivity index (χ0) is 23.6. The Labute approximate surface area is 193 Å². The number of nitrogens with zero attached hydrogens (tertiary/aromatic N) is 3. The number of aromatic nitrogens is 2. The zero-order valence-corrected chi connectivity index (χ0v) is 19.9. The van der Waals surface area contributed by atoms with Crippen LogP contribution in [0.5, 0.6) is 0 Å². The highest BCUT2D eigenvalue weighted by atomic mass is 32.2. The van der Waals surface area contributed by atoms with E-state index >= 15 is 0 Å². The predicted molar refractivity (Wildman–Crippen MR) is 129 cm³/mol. The molecule has 0 radical (unpaired) electrons. The lowest BCUT2D eigenvalue weighted by Gasteiger charge is -2.36. The summed E-state index contributed by atoms with van der Waals surface area (Å²) in [5, 5.41) is 4.24. The Morgan fingerprint density at radius 3 is 2.67 bits per heavy atom. The van der Waals surface area contributed by atoms with Gasteiger partial charge in [-0.15, -0.1) is 0 Å². The molecule has 0 spiro atoms. The summed E-state index contributed by atoms with van der Waals surface area (Å²) in [5.74, 6) is 0.886. The van der Waals surface area contributed by atoms with Gasteiger partial charge in [-0.3, -0.25) is 8.98 Å².